The molecule has 5 aromatic rings. The molecule has 47 heavy (non-hydrogen) atoms. The van der Waals surface area contributed by atoms with Gasteiger partial charge in [0.1, 0.15) is 35.4 Å². The number of hydrogen-bond acceptors (Lipinski definition) is 7. The number of thioether (sulfide) groups is 1. The van der Waals surface area contributed by atoms with E-state index < -0.39 is 5.25 Å². The molecule has 11 heteroatoms. The predicted octanol–water partition coefficient (Wildman–Crippen LogP) is 6.19. The molecule has 0 saturated heterocycles. The molecule has 2 amide bonds. The van der Waals surface area contributed by atoms with Crippen LogP contribution in [0.15, 0.2) is 97.1 Å². The Hall–Kier alpha value is -5.29. The maximum Gasteiger partial charge on any atom is 0.240 e. The van der Waals surface area contributed by atoms with E-state index in [2.05, 4.69) is 5.32 Å². The summed E-state index contributed by atoms with van der Waals surface area (Å²) in [5.41, 5.74) is 4.47. The van der Waals surface area contributed by atoms with Crippen molar-refractivity contribution in [2.45, 2.75) is 11.8 Å². The number of hydrogen-bond donors (Lipinski definition) is 1. The smallest absolute Gasteiger partial charge is 0.240 e. The van der Waals surface area contributed by atoms with Gasteiger partial charge >= 0.3 is 0 Å². The lowest BCUT2D eigenvalue weighted by Crippen LogP contribution is -2.42. The van der Waals surface area contributed by atoms with E-state index in [1.165, 1.54) is 28.8 Å². The molecule has 0 radical (unpaired) electrons. The minimum Gasteiger partial charge on any atom is -0.497 e. The van der Waals surface area contributed by atoms with Crippen LogP contribution in [0.1, 0.15) is 21.9 Å². The molecule has 1 N–H and O–H groups in total. The summed E-state index contributed by atoms with van der Waals surface area (Å²) in [6.07, 6.45) is 0. The van der Waals surface area contributed by atoms with Crippen molar-refractivity contribution in [1.29, 1.82) is 0 Å². The first-order chi connectivity index (χ1) is 22.9. The van der Waals surface area contributed by atoms with Crippen molar-refractivity contribution >= 4 is 29.4 Å². The number of aromatic nitrogens is 2. The maximum atomic E-state index is 14.1. The number of anilines is 1. The molecule has 9 nitrogen and oxygen atoms in total. The lowest BCUT2D eigenvalue weighted by atomic mass is 9.98. The topological polar surface area (TPSA) is 94.9 Å². The number of nitrogens with one attached hydrogen (secondary N) is 1. The Kier molecular flexibility index (Phi) is 9.44. The van der Waals surface area contributed by atoms with Crippen molar-refractivity contribution < 1.29 is 28.2 Å². The molecule has 1 aromatic heterocycles. The highest BCUT2D eigenvalue weighted by Crippen LogP contribution is 2.51. The monoisotopic (exact) mass is 652 g/mol. The molecule has 6 rings (SSSR count). The highest BCUT2D eigenvalue weighted by molar-refractivity contribution is 8.00. The van der Waals surface area contributed by atoms with Gasteiger partial charge in [-0.25, -0.2) is 9.07 Å². The Morgan fingerprint density at radius 1 is 0.915 bits per heavy atom. The van der Waals surface area contributed by atoms with Gasteiger partial charge in [-0.05, 0) is 60.2 Å². The lowest BCUT2D eigenvalue weighted by molar-refractivity contribution is -0.123. The Morgan fingerprint density at radius 3 is 2.30 bits per heavy atom. The van der Waals surface area contributed by atoms with Gasteiger partial charge < -0.3 is 19.5 Å². The first kappa shape index (κ1) is 31.7. The van der Waals surface area contributed by atoms with E-state index in [4.69, 9.17) is 19.3 Å². The number of rotatable bonds is 10. The van der Waals surface area contributed by atoms with Crippen molar-refractivity contribution in [2.24, 2.45) is 0 Å². The number of carbonyl (C=O) groups is 2. The molecular weight excluding hydrogens is 619 g/mol. The van der Waals surface area contributed by atoms with Crippen LogP contribution in [0.25, 0.3) is 16.9 Å². The van der Waals surface area contributed by atoms with Crippen molar-refractivity contribution in [1.82, 2.24) is 15.1 Å². The molecule has 1 atom stereocenters. The van der Waals surface area contributed by atoms with Crippen LogP contribution in [0.5, 0.6) is 17.2 Å². The first-order valence-electron chi connectivity index (χ1n) is 14.9. The fraction of sp³-hybridized carbons (Fsp3) is 0.194. The summed E-state index contributed by atoms with van der Waals surface area (Å²) in [6, 6.07) is 28.6. The summed E-state index contributed by atoms with van der Waals surface area (Å²) in [6.45, 7) is -0.0783. The molecule has 2 heterocycles. The van der Waals surface area contributed by atoms with Gasteiger partial charge in [0.25, 0.3) is 0 Å². The Morgan fingerprint density at radius 2 is 1.62 bits per heavy atom. The van der Waals surface area contributed by atoms with Gasteiger partial charge in [-0.2, -0.15) is 5.10 Å². The lowest BCUT2D eigenvalue weighted by Gasteiger charge is -2.24. The summed E-state index contributed by atoms with van der Waals surface area (Å²) < 4.78 is 32.0. The third-order valence-electron chi connectivity index (χ3n) is 7.88. The minimum atomic E-state index is -0.423. The number of nitrogens with zero attached hydrogens (tertiary/aromatic N) is 3. The van der Waals surface area contributed by atoms with Crippen molar-refractivity contribution in [3.8, 4) is 34.2 Å². The van der Waals surface area contributed by atoms with E-state index in [0.29, 0.717) is 34.4 Å². The van der Waals surface area contributed by atoms with Crippen LogP contribution >= 0.6 is 11.8 Å². The van der Waals surface area contributed by atoms with Gasteiger partial charge in [-0.15, -0.1) is 11.8 Å². The van der Waals surface area contributed by atoms with Gasteiger partial charge in [0.15, 0.2) is 0 Å². The SMILES string of the molecule is COc1ccc(-n2nc(-c3ccccc3)c3c2N(CC(=O)NCc2ccc(F)cc2)C(=O)CSC3c2cc(OC)ccc2OC)cc1. The Labute approximate surface area is 276 Å². The fourth-order valence-electron chi connectivity index (χ4n) is 5.52. The molecular formula is C36H33FN4O5S. The third kappa shape index (κ3) is 6.66. The van der Waals surface area contributed by atoms with Gasteiger partial charge in [0.2, 0.25) is 11.8 Å². The zero-order valence-corrected chi connectivity index (χ0v) is 26.9. The van der Waals surface area contributed by atoms with Crippen LogP contribution < -0.4 is 24.4 Å². The number of benzene rings is 4. The normalized spacial score (nSPS) is 14.3. The van der Waals surface area contributed by atoms with Crippen molar-refractivity contribution in [3.05, 3.63) is 120 Å². The van der Waals surface area contributed by atoms with E-state index in [9.17, 15) is 14.0 Å². The number of halogens is 1. The molecule has 1 aliphatic rings. The predicted molar refractivity (Wildman–Crippen MR) is 180 cm³/mol. The van der Waals surface area contributed by atoms with Crippen LogP contribution in [-0.2, 0) is 16.1 Å². The third-order valence-corrected chi connectivity index (χ3v) is 9.11. The number of methoxy groups -OCH3 is 3. The maximum absolute atomic E-state index is 14.1. The van der Waals surface area contributed by atoms with Gasteiger partial charge in [0.05, 0.1) is 43.7 Å². The van der Waals surface area contributed by atoms with Crippen LogP contribution in [0.3, 0.4) is 0 Å². The summed E-state index contributed by atoms with van der Waals surface area (Å²) >= 11 is 1.44. The summed E-state index contributed by atoms with van der Waals surface area (Å²) in [5, 5.41) is 7.59. The van der Waals surface area contributed by atoms with Gasteiger partial charge in [-0.1, -0.05) is 42.5 Å². The van der Waals surface area contributed by atoms with E-state index in [-0.39, 0.29) is 36.5 Å². The van der Waals surface area contributed by atoms with Crippen LogP contribution in [0.4, 0.5) is 10.2 Å². The largest absolute Gasteiger partial charge is 0.497 e. The van der Waals surface area contributed by atoms with Gasteiger partial charge in [-0.3, -0.25) is 14.5 Å². The molecule has 0 saturated carbocycles. The highest BCUT2D eigenvalue weighted by Gasteiger charge is 2.38. The van der Waals surface area contributed by atoms with Crippen LogP contribution in [0.2, 0.25) is 0 Å². The molecule has 0 spiro atoms. The number of ether oxygens (including phenoxy) is 3. The summed E-state index contributed by atoms with van der Waals surface area (Å²) in [7, 11) is 4.80. The number of fused-ring (bicyclic) bond motifs is 1. The molecule has 240 valence electrons. The number of carbonyl (C=O) groups excluding carboxylic acids is 2. The molecule has 0 bridgehead atoms. The summed E-state index contributed by atoms with van der Waals surface area (Å²) in [4.78, 5) is 29.1. The Balaban J connectivity index is 1.53. The average molecular weight is 653 g/mol. The standard InChI is InChI=1S/C36H33FN4O5S/c1-44-27-15-13-26(14-16-27)41-36-33(34(39-41)24-7-5-4-6-8-24)35(29-19-28(45-2)17-18-30(29)46-3)47-22-32(43)40(36)21-31(42)38-20-23-9-11-25(37)12-10-23/h4-19,35H,20-22H2,1-3H3,(H,38,42). The quantitative estimate of drug-likeness (QED) is 0.192. The summed E-state index contributed by atoms with van der Waals surface area (Å²) in [5.74, 6) is 1.49. The van der Waals surface area contributed by atoms with Crippen molar-refractivity contribution in [3.63, 3.8) is 0 Å². The molecule has 4 aromatic carbocycles. The minimum absolute atomic E-state index is 0.0851. The molecule has 1 unspecified atom stereocenters. The van der Waals surface area contributed by atoms with Gasteiger partial charge in [0, 0.05) is 23.2 Å². The second kappa shape index (κ2) is 14.0. The zero-order chi connectivity index (χ0) is 32.9. The Bertz CT molecular complexity index is 1880. The highest BCUT2D eigenvalue weighted by atomic mass is 32.2. The number of amides is 2. The van der Waals surface area contributed by atoms with Crippen LogP contribution in [0, 0.1) is 5.82 Å². The van der Waals surface area contributed by atoms with Crippen molar-refractivity contribution in [2.75, 3.05) is 38.5 Å². The molecule has 0 fully saturated rings. The molecule has 1 aliphatic heterocycles. The van der Waals surface area contributed by atoms with E-state index in [1.807, 2.05) is 72.8 Å². The van der Waals surface area contributed by atoms with E-state index >= 15 is 0 Å². The zero-order valence-electron chi connectivity index (χ0n) is 26.1. The fourth-order valence-corrected chi connectivity index (χ4v) is 6.74. The van der Waals surface area contributed by atoms with E-state index in [0.717, 1.165) is 22.3 Å². The molecule has 0 aliphatic carbocycles. The first-order valence-corrected chi connectivity index (χ1v) is 15.9. The van der Waals surface area contributed by atoms with Crippen LogP contribution in [-0.4, -0.2) is 55.2 Å². The average Bonchev–Trinajstić information content (AvgIpc) is 3.44. The second-order valence-electron chi connectivity index (χ2n) is 10.7. The van der Waals surface area contributed by atoms with E-state index in [1.54, 1.807) is 38.1 Å². The second-order valence-corrected chi connectivity index (χ2v) is 11.8.